The summed E-state index contributed by atoms with van der Waals surface area (Å²) < 4.78 is 8.88. The first-order chi connectivity index (χ1) is 12.7. The SMILES string of the molecule is N#CCCCCc1cc2cccc(OCC#N)c2n1-c1cccc(Br)c1. The fraction of sp³-hybridized carbons (Fsp3) is 0.238. The Balaban J connectivity index is 2.12. The van der Waals surface area contributed by atoms with Crippen LogP contribution in [0, 0.1) is 22.7 Å². The van der Waals surface area contributed by atoms with Crippen LogP contribution in [0.1, 0.15) is 25.0 Å². The van der Waals surface area contributed by atoms with E-state index in [-0.39, 0.29) is 6.61 Å². The van der Waals surface area contributed by atoms with Crippen LogP contribution in [-0.2, 0) is 6.42 Å². The highest BCUT2D eigenvalue weighted by Gasteiger charge is 2.15. The third-order valence-electron chi connectivity index (χ3n) is 4.19. The molecular formula is C21H18BrN3O. The summed E-state index contributed by atoms with van der Waals surface area (Å²) >= 11 is 3.55. The molecule has 0 saturated heterocycles. The van der Waals surface area contributed by atoms with Gasteiger partial charge in [0.25, 0.3) is 0 Å². The van der Waals surface area contributed by atoms with E-state index in [1.54, 1.807) is 0 Å². The number of fused-ring (bicyclic) bond motifs is 1. The molecule has 3 aromatic rings. The fourth-order valence-corrected chi connectivity index (χ4v) is 3.50. The molecule has 3 rings (SSSR count). The first-order valence-corrected chi connectivity index (χ1v) is 9.30. The molecule has 26 heavy (non-hydrogen) atoms. The monoisotopic (exact) mass is 407 g/mol. The molecule has 5 heteroatoms. The number of halogens is 1. The molecule has 0 fully saturated rings. The molecule has 1 heterocycles. The van der Waals surface area contributed by atoms with E-state index in [2.05, 4.69) is 50.8 Å². The zero-order valence-electron chi connectivity index (χ0n) is 14.3. The molecule has 2 aromatic carbocycles. The van der Waals surface area contributed by atoms with Gasteiger partial charge in [-0.2, -0.15) is 10.5 Å². The predicted molar refractivity (Wildman–Crippen MR) is 105 cm³/mol. The Hall–Kier alpha value is -2.76. The number of hydrogen-bond acceptors (Lipinski definition) is 3. The Bertz CT molecular complexity index is 995. The van der Waals surface area contributed by atoms with Crippen molar-refractivity contribution in [1.82, 2.24) is 4.57 Å². The van der Waals surface area contributed by atoms with Crippen molar-refractivity contribution in [3.8, 4) is 23.6 Å². The first kappa shape index (κ1) is 18.0. The molecule has 130 valence electrons. The van der Waals surface area contributed by atoms with E-state index in [0.29, 0.717) is 12.2 Å². The van der Waals surface area contributed by atoms with E-state index in [4.69, 9.17) is 15.3 Å². The van der Waals surface area contributed by atoms with Gasteiger partial charge in [-0.15, -0.1) is 0 Å². The number of hydrogen-bond donors (Lipinski definition) is 0. The second-order valence-electron chi connectivity index (χ2n) is 5.96. The van der Waals surface area contributed by atoms with Crippen molar-refractivity contribution in [2.75, 3.05) is 6.61 Å². The first-order valence-electron chi connectivity index (χ1n) is 8.50. The minimum atomic E-state index is 0.0142. The van der Waals surface area contributed by atoms with Gasteiger partial charge in [-0.25, -0.2) is 0 Å². The van der Waals surface area contributed by atoms with E-state index < -0.39 is 0 Å². The van der Waals surface area contributed by atoms with E-state index in [9.17, 15) is 0 Å². The minimum absolute atomic E-state index is 0.0142. The molecule has 0 N–H and O–H groups in total. The molecule has 0 amide bonds. The van der Waals surface area contributed by atoms with Crippen LogP contribution in [0.2, 0.25) is 0 Å². The Morgan fingerprint density at radius 2 is 1.85 bits per heavy atom. The van der Waals surface area contributed by atoms with Gasteiger partial charge in [0.05, 0.1) is 11.6 Å². The summed E-state index contributed by atoms with van der Waals surface area (Å²) in [6.45, 7) is 0.0142. The van der Waals surface area contributed by atoms with Crippen molar-refractivity contribution in [2.45, 2.75) is 25.7 Å². The zero-order valence-corrected chi connectivity index (χ0v) is 15.9. The highest BCUT2D eigenvalue weighted by molar-refractivity contribution is 9.10. The number of benzene rings is 2. The summed E-state index contributed by atoms with van der Waals surface area (Å²) in [5.74, 6) is 0.701. The lowest BCUT2D eigenvalue weighted by molar-refractivity contribution is 0.371. The lowest BCUT2D eigenvalue weighted by atomic mass is 10.1. The summed E-state index contributed by atoms with van der Waals surface area (Å²) in [7, 11) is 0. The second kappa shape index (κ2) is 8.56. The Morgan fingerprint density at radius 3 is 2.62 bits per heavy atom. The van der Waals surface area contributed by atoms with Crippen molar-refractivity contribution in [2.24, 2.45) is 0 Å². The average molecular weight is 408 g/mol. The van der Waals surface area contributed by atoms with Gasteiger partial charge >= 0.3 is 0 Å². The van der Waals surface area contributed by atoms with Gasteiger partial charge in [0.1, 0.15) is 11.8 Å². The molecule has 0 saturated carbocycles. The minimum Gasteiger partial charge on any atom is -0.477 e. The normalized spacial score (nSPS) is 10.4. The van der Waals surface area contributed by atoms with Crippen LogP contribution in [0.5, 0.6) is 5.75 Å². The topological polar surface area (TPSA) is 61.7 Å². The zero-order chi connectivity index (χ0) is 18.4. The summed E-state index contributed by atoms with van der Waals surface area (Å²) in [5.41, 5.74) is 3.18. The van der Waals surface area contributed by atoms with Crippen molar-refractivity contribution < 1.29 is 4.74 Å². The highest BCUT2D eigenvalue weighted by atomic mass is 79.9. The summed E-state index contributed by atoms with van der Waals surface area (Å²) in [6.07, 6.45) is 3.29. The Labute approximate surface area is 161 Å². The van der Waals surface area contributed by atoms with Crippen LogP contribution < -0.4 is 4.74 Å². The van der Waals surface area contributed by atoms with Gasteiger partial charge in [-0.05, 0) is 49.6 Å². The van der Waals surface area contributed by atoms with Gasteiger partial charge in [-0.3, -0.25) is 0 Å². The molecule has 0 aliphatic rings. The van der Waals surface area contributed by atoms with E-state index in [0.717, 1.165) is 40.3 Å². The number of aryl methyl sites for hydroxylation is 1. The van der Waals surface area contributed by atoms with Crippen LogP contribution in [-0.4, -0.2) is 11.2 Å². The number of nitriles is 2. The third-order valence-corrected chi connectivity index (χ3v) is 4.69. The van der Waals surface area contributed by atoms with Gasteiger partial charge in [-0.1, -0.05) is 34.1 Å². The third kappa shape index (κ3) is 3.90. The van der Waals surface area contributed by atoms with Gasteiger partial charge in [0, 0.05) is 27.7 Å². The van der Waals surface area contributed by atoms with Crippen LogP contribution in [0.3, 0.4) is 0 Å². The van der Waals surface area contributed by atoms with Gasteiger partial charge in [0.2, 0.25) is 0 Å². The second-order valence-corrected chi connectivity index (χ2v) is 6.87. The summed E-state index contributed by atoms with van der Waals surface area (Å²) in [6, 6.07) is 20.4. The fourth-order valence-electron chi connectivity index (χ4n) is 3.11. The van der Waals surface area contributed by atoms with Crippen LogP contribution in [0.15, 0.2) is 53.0 Å². The molecule has 4 nitrogen and oxygen atoms in total. The maximum atomic E-state index is 8.88. The molecule has 0 atom stereocenters. The maximum absolute atomic E-state index is 8.88. The smallest absolute Gasteiger partial charge is 0.174 e. The largest absolute Gasteiger partial charge is 0.477 e. The number of nitrogens with zero attached hydrogens (tertiary/aromatic N) is 3. The lowest BCUT2D eigenvalue weighted by Gasteiger charge is -2.13. The van der Waals surface area contributed by atoms with Crippen LogP contribution in [0.4, 0.5) is 0 Å². The van der Waals surface area contributed by atoms with Gasteiger partial charge in [0.15, 0.2) is 6.61 Å². The molecule has 0 aliphatic heterocycles. The van der Waals surface area contributed by atoms with Crippen molar-refractivity contribution >= 4 is 26.8 Å². The quantitative estimate of drug-likeness (QED) is 0.483. The average Bonchev–Trinajstić information content (AvgIpc) is 3.02. The maximum Gasteiger partial charge on any atom is 0.174 e. The molecule has 0 bridgehead atoms. The Morgan fingerprint density at radius 1 is 1.00 bits per heavy atom. The van der Waals surface area contributed by atoms with Crippen LogP contribution >= 0.6 is 15.9 Å². The molecule has 1 aromatic heterocycles. The number of para-hydroxylation sites is 1. The molecule has 0 radical (unpaired) electrons. The van der Waals surface area contributed by atoms with Crippen molar-refractivity contribution in [1.29, 1.82) is 10.5 Å². The van der Waals surface area contributed by atoms with E-state index in [1.165, 1.54) is 5.69 Å². The number of aromatic nitrogens is 1. The summed E-state index contributed by atoms with van der Waals surface area (Å²) in [5, 5.41) is 18.7. The summed E-state index contributed by atoms with van der Waals surface area (Å²) in [4.78, 5) is 0. The highest BCUT2D eigenvalue weighted by Crippen LogP contribution is 2.33. The van der Waals surface area contributed by atoms with Gasteiger partial charge < -0.3 is 9.30 Å². The van der Waals surface area contributed by atoms with E-state index >= 15 is 0 Å². The predicted octanol–water partition coefficient (Wildman–Crippen LogP) is 5.53. The van der Waals surface area contributed by atoms with E-state index in [1.807, 2.05) is 30.3 Å². The number of ether oxygens (including phenoxy) is 1. The molecular weight excluding hydrogens is 390 g/mol. The number of unbranched alkanes of at least 4 members (excludes halogenated alkanes) is 2. The van der Waals surface area contributed by atoms with Crippen molar-refractivity contribution in [3.05, 3.63) is 58.7 Å². The standard InChI is InChI=1S/C21H18BrN3O/c22-17-7-5-9-19(15-17)25-18(8-2-1-3-11-23)14-16-6-4-10-20(21(16)25)26-13-12-24/h4-7,9-10,14-15H,1-3,8,13H2. The Kier molecular flexibility index (Phi) is 5.94. The molecule has 0 unspecified atom stereocenters. The van der Waals surface area contributed by atoms with Crippen molar-refractivity contribution in [3.63, 3.8) is 0 Å². The molecule has 0 spiro atoms. The van der Waals surface area contributed by atoms with Crippen LogP contribution in [0.25, 0.3) is 16.6 Å². The lowest BCUT2D eigenvalue weighted by Crippen LogP contribution is -2.03. The molecule has 0 aliphatic carbocycles. The number of rotatable bonds is 7.